The number of ether oxygens (including phenoxy) is 1. The lowest BCUT2D eigenvalue weighted by Gasteiger charge is -1.88. The van der Waals surface area contributed by atoms with Gasteiger partial charge in [-0.1, -0.05) is 0 Å². The number of aromatic nitrogens is 1. The molecule has 8 nitrogen and oxygen atoms in total. The monoisotopic (exact) mass is 261 g/mol. The molecule has 17 heavy (non-hydrogen) atoms. The van der Waals surface area contributed by atoms with Gasteiger partial charge in [0.25, 0.3) is 0 Å². The molecule has 0 radical (unpaired) electrons. The van der Waals surface area contributed by atoms with Crippen molar-refractivity contribution in [2.24, 2.45) is 0 Å². The first-order valence-electron chi connectivity index (χ1n) is 4.13. The molecular formula is C8H11N3O5S. The van der Waals surface area contributed by atoms with E-state index in [0.717, 1.165) is 11.3 Å². The Morgan fingerprint density at radius 1 is 1.65 bits per heavy atom. The van der Waals surface area contributed by atoms with Crippen LogP contribution in [0.4, 0.5) is 5.13 Å². The topological polar surface area (TPSA) is 147 Å². The molecule has 0 fully saturated rings. The highest BCUT2D eigenvalue weighted by atomic mass is 32.1. The molecule has 0 amide bonds. The Morgan fingerprint density at radius 3 is 2.47 bits per heavy atom. The Balaban J connectivity index is 0.000000366. The molecule has 1 heterocycles. The van der Waals surface area contributed by atoms with E-state index in [2.05, 4.69) is 9.72 Å². The van der Waals surface area contributed by atoms with Gasteiger partial charge in [0.1, 0.15) is 12.3 Å². The number of nitrogens with one attached hydrogen (secondary N) is 1. The van der Waals surface area contributed by atoms with Crippen molar-refractivity contribution in [3.8, 4) is 0 Å². The van der Waals surface area contributed by atoms with E-state index in [1.165, 1.54) is 12.5 Å². The predicted octanol–water partition coefficient (Wildman–Crippen LogP) is -0.671. The molecule has 1 aromatic heterocycles. The predicted molar refractivity (Wildman–Crippen MR) is 60.1 cm³/mol. The van der Waals surface area contributed by atoms with Crippen LogP contribution in [0.2, 0.25) is 0 Å². The van der Waals surface area contributed by atoms with Crippen LogP contribution in [0.1, 0.15) is 5.69 Å². The molecule has 0 atom stereocenters. The van der Waals surface area contributed by atoms with Crippen LogP contribution < -0.4 is 5.73 Å². The summed E-state index contributed by atoms with van der Waals surface area (Å²) in [6.07, 6.45) is 0. The van der Waals surface area contributed by atoms with Crippen LogP contribution in [0.5, 0.6) is 0 Å². The number of carboxylic acid groups (broad SMARTS) is 1. The molecular weight excluding hydrogens is 250 g/mol. The number of carbonyl (C=O) groups excluding carboxylic acids is 1. The van der Waals surface area contributed by atoms with E-state index in [9.17, 15) is 9.59 Å². The Bertz CT molecular complexity index is 411. The maximum atomic E-state index is 10.2. The minimum Gasteiger partial charge on any atom is -0.476 e. The number of hydrogen-bond donors (Lipinski definition) is 4. The maximum Gasteiger partial charge on any atom is 0.356 e. The van der Waals surface area contributed by atoms with E-state index in [4.69, 9.17) is 21.4 Å². The third-order valence-electron chi connectivity index (χ3n) is 1.35. The number of nitrogens with zero attached hydrogens (tertiary/aromatic N) is 1. The number of carbonyl (C=O) groups is 2. The number of aliphatic hydroxyl groups excluding tert-OH is 1. The molecule has 0 aliphatic heterocycles. The lowest BCUT2D eigenvalue weighted by Crippen LogP contribution is -2.12. The zero-order valence-corrected chi connectivity index (χ0v) is 9.65. The summed E-state index contributed by atoms with van der Waals surface area (Å²) in [4.78, 5) is 23.5. The molecule has 5 N–H and O–H groups in total. The second kappa shape index (κ2) is 7.30. The van der Waals surface area contributed by atoms with Crippen LogP contribution in [0.15, 0.2) is 5.38 Å². The average molecular weight is 261 g/mol. The van der Waals surface area contributed by atoms with E-state index in [1.807, 2.05) is 0 Å². The van der Waals surface area contributed by atoms with Gasteiger partial charge in [-0.05, 0) is 0 Å². The minimum absolute atomic E-state index is 0.111. The van der Waals surface area contributed by atoms with Crippen molar-refractivity contribution in [2.75, 3.05) is 19.5 Å². The lowest BCUT2D eigenvalue weighted by atomic mass is 10.3. The Kier molecular flexibility index (Phi) is 6.44. The molecule has 0 saturated carbocycles. The molecule has 0 bridgehead atoms. The van der Waals surface area contributed by atoms with Crippen LogP contribution in [-0.4, -0.2) is 46.6 Å². The van der Waals surface area contributed by atoms with Crippen molar-refractivity contribution < 1.29 is 24.5 Å². The largest absolute Gasteiger partial charge is 0.476 e. The normalized spacial score (nSPS) is 8.82. The Morgan fingerprint density at radius 2 is 2.24 bits per heavy atom. The third kappa shape index (κ3) is 5.58. The molecule has 0 saturated heterocycles. The highest BCUT2D eigenvalue weighted by Crippen LogP contribution is 2.11. The maximum absolute atomic E-state index is 10.2. The first-order chi connectivity index (χ1) is 7.92. The number of nitrogen functional groups attached to an aromatic ring is 1. The van der Waals surface area contributed by atoms with Crippen molar-refractivity contribution >= 4 is 34.1 Å². The summed E-state index contributed by atoms with van der Waals surface area (Å²) in [7, 11) is 1.22. The van der Waals surface area contributed by atoms with Gasteiger partial charge >= 0.3 is 11.9 Å². The van der Waals surface area contributed by atoms with E-state index < -0.39 is 24.3 Å². The smallest absolute Gasteiger partial charge is 0.356 e. The van der Waals surface area contributed by atoms with Gasteiger partial charge in [-0.15, -0.1) is 11.3 Å². The Labute approximate surface area is 100 Å². The number of aliphatic carboxylic acids is 1. The minimum atomic E-state index is -1.30. The first-order valence-corrected chi connectivity index (χ1v) is 5.01. The highest BCUT2D eigenvalue weighted by molar-refractivity contribution is 7.13. The van der Waals surface area contributed by atoms with Crippen LogP contribution in [0.25, 0.3) is 0 Å². The zero-order chi connectivity index (χ0) is 13.4. The van der Waals surface area contributed by atoms with Gasteiger partial charge in [-0.3, -0.25) is 5.41 Å². The number of rotatable bonds is 3. The molecule has 0 aliphatic rings. The molecule has 1 rings (SSSR count). The molecule has 94 valence electrons. The lowest BCUT2D eigenvalue weighted by molar-refractivity contribution is -0.143. The van der Waals surface area contributed by atoms with Gasteiger partial charge in [0, 0.05) is 5.38 Å². The number of carboxylic acids is 1. The van der Waals surface area contributed by atoms with Crippen molar-refractivity contribution in [1.82, 2.24) is 4.98 Å². The van der Waals surface area contributed by atoms with Crippen LogP contribution >= 0.6 is 11.3 Å². The fourth-order valence-electron chi connectivity index (χ4n) is 0.577. The van der Waals surface area contributed by atoms with Gasteiger partial charge < -0.3 is 20.7 Å². The number of esters is 1. The second-order valence-corrected chi connectivity index (χ2v) is 3.38. The van der Waals surface area contributed by atoms with Crippen LogP contribution in [0.3, 0.4) is 0 Å². The van der Waals surface area contributed by atoms with Gasteiger partial charge in [0.05, 0.1) is 7.11 Å². The average Bonchev–Trinajstić information content (AvgIpc) is 2.74. The zero-order valence-electron chi connectivity index (χ0n) is 8.84. The van der Waals surface area contributed by atoms with Crippen molar-refractivity contribution in [2.45, 2.75) is 0 Å². The van der Waals surface area contributed by atoms with Crippen molar-refractivity contribution in [3.63, 3.8) is 0 Å². The van der Waals surface area contributed by atoms with E-state index in [1.54, 1.807) is 0 Å². The van der Waals surface area contributed by atoms with Crippen LogP contribution in [-0.2, 0) is 14.3 Å². The van der Waals surface area contributed by atoms with Crippen molar-refractivity contribution in [3.05, 3.63) is 11.1 Å². The summed E-state index contributed by atoms with van der Waals surface area (Å²) in [6.45, 7) is -0.531. The summed E-state index contributed by atoms with van der Waals surface area (Å²) in [6, 6.07) is 0. The fourth-order valence-corrected chi connectivity index (χ4v) is 1.13. The molecule has 0 aromatic carbocycles. The summed E-state index contributed by atoms with van der Waals surface area (Å²) in [5, 5.41) is 24.9. The summed E-state index contributed by atoms with van der Waals surface area (Å²) >= 11 is 1.11. The quantitative estimate of drug-likeness (QED) is 0.416. The molecule has 1 aromatic rings. The van der Waals surface area contributed by atoms with Crippen molar-refractivity contribution in [1.29, 1.82) is 5.41 Å². The van der Waals surface area contributed by atoms with E-state index in [-0.39, 0.29) is 10.8 Å². The summed E-state index contributed by atoms with van der Waals surface area (Å²) in [5.41, 5.74) is 4.82. The fraction of sp³-hybridized carbons (Fsp3) is 0.250. The van der Waals surface area contributed by atoms with E-state index in [0.29, 0.717) is 0 Å². The van der Waals surface area contributed by atoms with Gasteiger partial charge in [-0.25, -0.2) is 14.6 Å². The number of methoxy groups -OCH3 is 1. The third-order valence-corrected chi connectivity index (χ3v) is 2.02. The van der Waals surface area contributed by atoms with Gasteiger partial charge in [-0.2, -0.15) is 0 Å². The first kappa shape index (κ1) is 15.0. The molecule has 0 aliphatic carbocycles. The second-order valence-electron chi connectivity index (χ2n) is 2.49. The van der Waals surface area contributed by atoms with Crippen LogP contribution in [0, 0.1) is 5.41 Å². The number of hydrogen-bond acceptors (Lipinski definition) is 8. The standard InChI is InChI=1S/C5H5N3O2S.C3H6O3/c6-3(4(9)10)2-1-11-5(7)8-2;1-6-3(5)2-4/h1,6H,(H2,7,8)(H,9,10);4H,2H2,1H3. The number of thiazole rings is 1. The molecule has 0 spiro atoms. The highest BCUT2D eigenvalue weighted by Gasteiger charge is 2.12. The number of nitrogens with two attached hydrogens (primary N) is 1. The number of aliphatic hydroxyl groups is 1. The van der Waals surface area contributed by atoms with E-state index >= 15 is 0 Å². The van der Waals surface area contributed by atoms with Gasteiger partial charge in [0.15, 0.2) is 10.8 Å². The summed E-state index contributed by atoms with van der Waals surface area (Å²) < 4.78 is 4.01. The molecule has 0 unspecified atom stereocenters. The summed E-state index contributed by atoms with van der Waals surface area (Å²) in [5.74, 6) is -1.90. The Hall–Kier alpha value is -2.00. The number of anilines is 1. The SMILES string of the molecule is COC(=O)CO.N=C(C(=O)O)c1csc(N)n1. The van der Waals surface area contributed by atoms with Gasteiger partial charge in [0.2, 0.25) is 0 Å². The molecule has 9 heteroatoms.